The summed E-state index contributed by atoms with van der Waals surface area (Å²) in [5.74, 6) is -0.264. The number of hydrogen-bond acceptors (Lipinski definition) is 4. The summed E-state index contributed by atoms with van der Waals surface area (Å²) >= 11 is 0. The van der Waals surface area contributed by atoms with Gasteiger partial charge in [0.2, 0.25) is 0 Å². The van der Waals surface area contributed by atoms with Gasteiger partial charge in [-0.05, 0) is 24.3 Å². The first-order valence-corrected chi connectivity index (χ1v) is 6.84. The lowest BCUT2D eigenvalue weighted by Crippen LogP contribution is -2.29. The molecular weight excluding hydrogens is 273 g/mol. The van der Waals surface area contributed by atoms with E-state index < -0.39 is 0 Å². The molecule has 0 atom stereocenters. The molecule has 1 aromatic heterocycles. The number of aromatic nitrogens is 2. The third kappa shape index (κ3) is 4.63. The molecule has 2 aromatic rings. The number of rotatable bonds is 8. The Labute approximate surface area is 123 Å². The Kier molecular flexibility index (Phi) is 5.86. The molecule has 6 heteroatoms. The Morgan fingerprint density at radius 2 is 2.05 bits per heavy atom. The maximum absolute atomic E-state index is 12.9. The van der Waals surface area contributed by atoms with Crippen LogP contribution >= 0.6 is 0 Å². The highest BCUT2D eigenvalue weighted by molar-refractivity contribution is 5.31. The first-order valence-electron chi connectivity index (χ1n) is 6.84. The SMILES string of the molecule is COCCN(CCO)Cc1cnn(-c2ccc(F)cc2)c1. The molecule has 114 valence electrons. The molecule has 0 fully saturated rings. The number of nitrogens with zero attached hydrogens (tertiary/aromatic N) is 3. The fourth-order valence-corrected chi connectivity index (χ4v) is 2.07. The number of benzene rings is 1. The Hall–Kier alpha value is -1.76. The van der Waals surface area contributed by atoms with Gasteiger partial charge in [0.1, 0.15) is 5.82 Å². The molecule has 0 aliphatic carbocycles. The topological polar surface area (TPSA) is 50.5 Å². The van der Waals surface area contributed by atoms with Gasteiger partial charge < -0.3 is 9.84 Å². The van der Waals surface area contributed by atoms with E-state index >= 15 is 0 Å². The molecule has 1 aromatic carbocycles. The fourth-order valence-electron chi connectivity index (χ4n) is 2.07. The molecule has 2 rings (SSSR count). The Morgan fingerprint density at radius 1 is 1.29 bits per heavy atom. The highest BCUT2D eigenvalue weighted by Gasteiger charge is 2.08. The third-order valence-corrected chi connectivity index (χ3v) is 3.16. The van der Waals surface area contributed by atoms with E-state index in [0.29, 0.717) is 19.7 Å². The van der Waals surface area contributed by atoms with Crippen LogP contribution in [0, 0.1) is 5.82 Å². The number of aliphatic hydroxyl groups excluding tert-OH is 1. The minimum atomic E-state index is -0.264. The molecule has 1 N–H and O–H groups in total. The van der Waals surface area contributed by atoms with E-state index in [1.54, 1.807) is 30.1 Å². The summed E-state index contributed by atoms with van der Waals surface area (Å²) in [6.07, 6.45) is 3.69. The van der Waals surface area contributed by atoms with Crippen molar-refractivity contribution in [3.05, 3.63) is 48.0 Å². The van der Waals surface area contributed by atoms with Crippen molar-refractivity contribution in [2.75, 3.05) is 33.4 Å². The number of halogens is 1. The maximum atomic E-state index is 12.9. The normalized spacial score (nSPS) is 11.2. The molecule has 0 unspecified atom stereocenters. The van der Waals surface area contributed by atoms with Crippen LogP contribution in [0.2, 0.25) is 0 Å². The number of hydrogen-bond donors (Lipinski definition) is 1. The Balaban J connectivity index is 2.02. The van der Waals surface area contributed by atoms with E-state index in [4.69, 9.17) is 9.84 Å². The molecule has 0 bridgehead atoms. The molecule has 0 saturated carbocycles. The van der Waals surface area contributed by atoms with Crippen LogP contribution in [0.15, 0.2) is 36.7 Å². The van der Waals surface area contributed by atoms with E-state index in [2.05, 4.69) is 10.00 Å². The van der Waals surface area contributed by atoms with Gasteiger partial charge in [-0.1, -0.05) is 0 Å². The van der Waals surface area contributed by atoms with Crippen molar-refractivity contribution in [3.63, 3.8) is 0 Å². The summed E-state index contributed by atoms with van der Waals surface area (Å²) < 4.78 is 19.7. The lowest BCUT2D eigenvalue weighted by Gasteiger charge is -2.19. The van der Waals surface area contributed by atoms with Crippen LogP contribution in [0.3, 0.4) is 0 Å². The van der Waals surface area contributed by atoms with E-state index in [0.717, 1.165) is 17.8 Å². The van der Waals surface area contributed by atoms with Gasteiger partial charge >= 0.3 is 0 Å². The lowest BCUT2D eigenvalue weighted by atomic mass is 10.3. The van der Waals surface area contributed by atoms with Crippen LogP contribution < -0.4 is 0 Å². The zero-order valence-electron chi connectivity index (χ0n) is 12.1. The molecule has 0 radical (unpaired) electrons. The van der Waals surface area contributed by atoms with Crippen molar-refractivity contribution < 1.29 is 14.2 Å². The highest BCUT2D eigenvalue weighted by Crippen LogP contribution is 2.11. The van der Waals surface area contributed by atoms with Crippen LogP contribution in [0.4, 0.5) is 4.39 Å². The molecule has 5 nitrogen and oxygen atoms in total. The average molecular weight is 293 g/mol. The van der Waals surface area contributed by atoms with Crippen LogP contribution in [0.25, 0.3) is 5.69 Å². The summed E-state index contributed by atoms with van der Waals surface area (Å²) in [7, 11) is 1.66. The van der Waals surface area contributed by atoms with Crippen molar-refractivity contribution in [2.24, 2.45) is 0 Å². The summed E-state index contributed by atoms with van der Waals surface area (Å²) in [5.41, 5.74) is 1.84. The fraction of sp³-hybridized carbons (Fsp3) is 0.400. The summed E-state index contributed by atoms with van der Waals surface area (Å²) in [6.45, 7) is 2.75. The van der Waals surface area contributed by atoms with Gasteiger partial charge in [-0.2, -0.15) is 5.10 Å². The van der Waals surface area contributed by atoms with Gasteiger partial charge in [0.15, 0.2) is 0 Å². The van der Waals surface area contributed by atoms with Crippen LogP contribution in [0.1, 0.15) is 5.56 Å². The predicted octanol–water partition coefficient (Wildman–Crippen LogP) is 1.45. The molecular formula is C15H20FN3O2. The van der Waals surface area contributed by atoms with Crippen LogP contribution in [-0.4, -0.2) is 53.2 Å². The second kappa shape index (κ2) is 7.87. The first kappa shape index (κ1) is 15.6. The second-order valence-electron chi connectivity index (χ2n) is 4.76. The van der Waals surface area contributed by atoms with E-state index in [9.17, 15) is 4.39 Å². The lowest BCUT2D eigenvalue weighted by molar-refractivity contribution is 0.127. The quantitative estimate of drug-likeness (QED) is 0.800. The van der Waals surface area contributed by atoms with Crippen molar-refractivity contribution in [3.8, 4) is 5.69 Å². The van der Waals surface area contributed by atoms with Gasteiger partial charge in [0, 0.05) is 38.5 Å². The van der Waals surface area contributed by atoms with Crippen molar-refractivity contribution in [1.29, 1.82) is 0 Å². The highest BCUT2D eigenvalue weighted by atomic mass is 19.1. The van der Waals surface area contributed by atoms with E-state index in [1.807, 2.05) is 6.20 Å². The summed E-state index contributed by atoms with van der Waals surface area (Å²) in [5, 5.41) is 13.4. The molecule has 1 heterocycles. The maximum Gasteiger partial charge on any atom is 0.123 e. The summed E-state index contributed by atoms with van der Waals surface area (Å²) in [4.78, 5) is 2.09. The third-order valence-electron chi connectivity index (χ3n) is 3.16. The standard InChI is InChI=1S/C15H20FN3O2/c1-21-9-7-18(6-8-20)11-13-10-17-19(12-13)15-4-2-14(16)3-5-15/h2-5,10,12,20H,6-9,11H2,1H3. The number of ether oxygens (including phenoxy) is 1. The Morgan fingerprint density at radius 3 is 2.71 bits per heavy atom. The van der Waals surface area contributed by atoms with Crippen LogP contribution in [-0.2, 0) is 11.3 Å². The molecule has 0 saturated heterocycles. The molecule has 0 spiro atoms. The Bertz CT molecular complexity index is 542. The van der Waals surface area contributed by atoms with Gasteiger partial charge in [-0.25, -0.2) is 9.07 Å². The largest absolute Gasteiger partial charge is 0.395 e. The second-order valence-corrected chi connectivity index (χ2v) is 4.76. The van der Waals surface area contributed by atoms with Gasteiger partial charge in [0.25, 0.3) is 0 Å². The van der Waals surface area contributed by atoms with Crippen molar-refractivity contribution >= 4 is 0 Å². The van der Waals surface area contributed by atoms with Crippen LogP contribution in [0.5, 0.6) is 0 Å². The monoisotopic (exact) mass is 293 g/mol. The van der Waals surface area contributed by atoms with E-state index in [-0.39, 0.29) is 12.4 Å². The predicted molar refractivity (Wildman–Crippen MR) is 77.8 cm³/mol. The van der Waals surface area contributed by atoms with Gasteiger partial charge in [-0.3, -0.25) is 4.90 Å². The van der Waals surface area contributed by atoms with E-state index in [1.165, 1.54) is 12.1 Å². The minimum absolute atomic E-state index is 0.107. The molecule has 0 amide bonds. The van der Waals surface area contributed by atoms with Gasteiger partial charge in [-0.15, -0.1) is 0 Å². The number of methoxy groups -OCH3 is 1. The molecule has 21 heavy (non-hydrogen) atoms. The molecule has 0 aliphatic rings. The smallest absolute Gasteiger partial charge is 0.123 e. The zero-order chi connectivity index (χ0) is 15.1. The molecule has 0 aliphatic heterocycles. The first-order chi connectivity index (χ1) is 10.2. The minimum Gasteiger partial charge on any atom is -0.395 e. The average Bonchev–Trinajstić information content (AvgIpc) is 2.94. The summed E-state index contributed by atoms with van der Waals surface area (Å²) in [6, 6.07) is 6.19. The zero-order valence-corrected chi connectivity index (χ0v) is 12.1. The number of aliphatic hydroxyl groups is 1. The van der Waals surface area contributed by atoms with Crippen molar-refractivity contribution in [1.82, 2.24) is 14.7 Å². The van der Waals surface area contributed by atoms with Crippen molar-refractivity contribution in [2.45, 2.75) is 6.54 Å². The van der Waals surface area contributed by atoms with Gasteiger partial charge in [0.05, 0.1) is 25.1 Å².